The zero-order valence-electron chi connectivity index (χ0n) is 16.1. The molecule has 0 saturated heterocycles. The summed E-state index contributed by atoms with van der Waals surface area (Å²) in [5.41, 5.74) is 3.87. The fourth-order valence-corrected chi connectivity index (χ4v) is 3.41. The van der Waals surface area contributed by atoms with Crippen molar-refractivity contribution >= 4 is 34.8 Å². The Balaban J connectivity index is 1.73. The van der Waals surface area contributed by atoms with Crippen molar-refractivity contribution in [3.05, 3.63) is 75.8 Å². The normalized spacial score (nSPS) is 10.9. The molecule has 29 heavy (non-hydrogen) atoms. The lowest BCUT2D eigenvalue weighted by molar-refractivity contribution is 0.838. The predicted octanol–water partition coefficient (Wildman–Crippen LogP) is 5.70. The van der Waals surface area contributed by atoms with Crippen molar-refractivity contribution in [2.45, 2.75) is 20.8 Å². The molecule has 0 bridgehead atoms. The topological polar surface area (TPSA) is 68.5 Å². The molecule has 0 saturated carbocycles. The van der Waals surface area contributed by atoms with E-state index in [1.807, 2.05) is 38.1 Å². The zero-order valence-corrected chi connectivity index (χ0v) is 17.6. The molecular formula is C21H18Cl2N6. The molecule has 0 aliphatic carbocycles. The Morgan fingerprint density at radius 2 is 1.69 bits per heavy atom. The Morgan fingerprint density at radius 1 is 0.931 bits per heavy atom. The summed E-state index contributed by atoms with van der Waals surface area (Å²) in [5.74, 6) is 2.48. The van der Waals surface area contributed by atoms with E-state index >= 15 is 0 Å². The SMILES string of the molecule is Cc1ccc(-c2cc(Nc3cc(C)nn3-c3ncc(Cl)cc3Cl)nc(C)n2)cc1. The molecular weight excluding hydrogens is 407 g/mol. The van der Waals surface area contributed by atoms with Gasteiger partial charge in [-0.15, -0.1) is 0 Å². The van der Waals surface area contributed by atoms with Crippen LogP contribution in [0.4, 0.5) is 11.6 Å². The van der Waals surface area contributed by atoms with Gasteiger partial charge in [0.2, 0.25) is 0 Å². The van der Waals surface area contributed by atoms with Crippen LogP contribution in [0, 0.1) is 20.8 Å². The van der Waals surface area contributed by atoms with E-state index in [9.17, 15) is 0 Å². The molecule has 0 amide bonds. The Labute approximate surface area is 178 Å². The standard InChI is InChI=1S/C21H18Cl2N6/c1-12-4-6-15(7-5-12)18-10-19(26-14(3)25-18)27-20-8-13(2)28-29(20)21-17(23)9-16(22)11-24-21/h4-11H,1-3H3,(H,25,26,27). The van der Waals surface area contributed by atoms with Crippen molar-refractivity contribution in [2.75, 3.05) is 5.32 Å². The largest absolute Gasteiger partial charge is 0.325 e. The van der Waals surface area contributed by atoms with Crippen LogP contribution in [0.15, 0.2) is 48.7 Å². The summed E-state index contributed by atoms with van der Waals surface area (Å²) in [6.45, 7) is 5.82. The van der Waals surface area contributed by atoms with E-state index in [0.29, 0.717) is 33.3 Å². The third-order valence-corrected chi connectivity index (χ3v) is 4.75. The summed E-state index contributed by atoms with van der Waals surface area (Å²) in [6, 6.07) is 13.7. The van der Waals surface area contributed by atoms with Gasteiger partial charge in [0.05, 0.1) is 21.4 Å². The van der Waals surface area contributed by atoms with E-state index in [2.05, 4.69) is 44.4 Å². The van der Waals surface area contributed by atoms with Crippen LogP contribution in [0.3, 0.4) is 0 Å². The highest BCUT2D eigenvalue weighted by Gasteiger charge is 2.14. The average Bonchev–Trinajstić information content (AvgIpc) is 3.01. The van der Waals surface area contributed by atoms with Gasteiger partial charge in [-0.05, 0) is 26.8 Å². The Bertz CT molecular complexity index is 1180. The zero-order chi connectivity index (χ0) is 20.5. The highest BCUT2D eigenvalue weighted by Crippen LogP contribution is 2.27. The summed E-state index contributed by atoms with van der Waals surface area (Å²) in [6.07, 6.45) is 1.54. The number of pyridine rings is 1. The van der Waals surface area contributed by atoms with Gasteiger partial charge in [-0.3, -0.25) is 0 Å². The first-order valence-corrected chi connectivity index (χ1v) is 9.72. The van der Waals surface area contributed by atoms with E-state index < -0.39 is 0 Å². The summed E-state index contributed by atoms with van der Waals surface area (Å²) >= 11 is 12.3. The number of halogens is 2. The van der Waals surface area contributed by atoms with E-state index in [1.54, 1.807) is 10.7 Å². The molecule has 3 aromatic heterocycles. The molecule has 4 rings (SSSR count). The van der Waals surface area contributed by atoms with Gasteiger partial charge in [-0.25, -0.2) is 15.0 Å². The van der Waals surface area contributed by atoms with Crippen molar-refractivity contribution in [1.29, 1.82) is 0 Å². The van der Waals surface area contributed by atoms with Crippen LogP contribution in [-0.4, -0.2) is 24.7 Å². The van der Waals surface area contributed by atoms with E-state index in [1.165, 1.54) is 11.8 Å². The first-order valence-electron chi connectivity index (χ1n) is 8.97. The second-order valence-corrected chi connectivity index (χ2v) is 7.56. The predicted molar refractivity (Wildman–Crippen MR) is 116 cm³/mol. The maximum absolute atomic E-state index is 6.33. The van der Waals surface area contributed by atoms with Gasteiger partial charge in [0.1, 0.15) is 17.5 Å². The molecule has 0 fully saturated rings. The molecule has 0 radical (unpaired) electrons. The highest BCUT2D eigenvalue weighted by atomic mass is 35.5. The van der Waals surface area contributed by atoms with Crippen LogP contribution >= 0.6 is 23.2 Å². The number of hydrogen-bond acceptors (Lipinski definition) is 5. The molecule has 6 nitrogen and oxygen atoms in total. The Kier molecular flexibility index (Phi) is 5.22. The number of nitrogens with zero attached hydrogens (tertiary/aromatic N) is 5. The van der Waals surface area contributed by atoms with Gasteiger partial charge in [0.25, 0.3) is 0 Å². The summed E-state index contributed by atoms with van der Waals surface area (Å²) < 4.78 is 1.64. The highest BCUT2D eigenvalue weighted by molar-refractivity contribution is 6.35. The van der Waals surface area contributed by atoms with Crippen molar-refractivity contribution in [1.82, 2.24) is 24.7 Å². The van der Waals surface area contributed by atoms with Crippen LogP contribution in [-0.2, 0) is 0 Å². The molecule has 0 spiro atoms. The van der Waals surface area contributed by atoms with E-state index in [-0.39, 0.29) is 0 Å². The molecule has 0 aliphatic rings. The Hall–Kier alpha value is -2.96. The molecule has 3 heterocycles. The van der Waals surface area contributed by atoms with Crippen LogP contribution < -0.4 is 5.32 Å². The molecule has 1 aromatic carbocycles. The van der Waals surface area contributed by atoms with Crippen LogP contribution in [0.5, 0.6) is 0 Å². The second-order valence-electron chi connectivity index (χ2n) is 6.72. The molecule has 8 heteroatoms. The smallest absolute Gasteiger partial charge is 0.174 e. The average molecular weight is 425 g/mol. The number of aryl methyl sites for hydroxylation is 3. The van der Waals surface area contributed by atoms with Crippen molar-refractivity contribution in [2.24, 2.45) is 0 Å². The van der Waals surface area contributed by atoms with Crippen LogP contribution in [0.2, 0.25) is 10.0 Å². The van der Waals surface area contributed by atoms with Crippen molar-refractivity contribution in [3.8, 4) is 17.1 Å². The molecule has 0 atom stereocenters. The maximum atomic E-state index is 6.33. The third-order valence-electron chi connectivity index (χ3n) is 4.26. The Morgan fingerprint density at radius 3 is 2.41 bits per heavy atom. The number of benzene rings is 1. The molecule has 1 N–H and O–H groups in total. The third kappa shape index (κ3) is 4.23. The first kappa shape index (κ1) is 19.4. The monoisotopic (exact) mass is 424 g/mol. The minimum Gasteiger partial charge on any atom is -0.325 e. The van der Waals surface area contributed by atoms with Crippen molar-refractivity contribution < 1.29 is 0 Å². The van der Waals surface area contributed by atoms with Gasteiger partial charge in [-0.2, -0.15) is 9.78 Å². The van der Waals surface area contributed by atoms with Gasteiger partial charge in [0, 0.05) is 23.9 Å². The lowest BCUT2D eigenvalue weighted by Gasteiger charge is -2.11. The fraction of sp³-hybridized carbons (Fsp3) is 0.143. The first-order chi connectivity index (χ1) is 13.9. The number of anilines is 2. The molecule has 0 unspecified atom stereocenters. The van der Waals surface area contributed by atoms with Crippen molar-refractivity contribution in [3.63, 3.8) is 0 Å². The maximum Gasteiger partial charge on any atom is 0.174 e. The minimum absolute atomic E-state index is 0.405. The van der Waals surface area contributed by atoms with E-state index in [4.69, 9.17) is 23.2 Å². The van der Waals surface area contributed by atoms with Gasteiger partial charge in [0.15, 0.2) is 5.82 Å². The summed E-state index contributed by atoms with van der Waals surface area (Å²) in [5, 5.41) is 8.68. The van der Waals surface area contributed by atoms with Gasteiger partial charge >= 0.3 is 0 Å². The number of hydrogen-bond donors (Lipinski definition) is 1. The number of rotatable bonds is 4. The lowest BCUT2D eigenvalue weighted by atomic mass is 10.1. The number of aromatic nitrogens is 5. The number of nitrogens with one attached hydrogen (secondary N) is 1. The second kappa shape index (κ2) is 7.81. The quantitative estimate of drug-likeness (QED) is 0.454. The lowest BCUT2D eigenvalue weighted by Crippen LogP contribution is -2.07. The van der Waals surface area contributed by atoms with Gasteiger partial charge < -0.3 is 5.32 Å². The summed E-state index contributed by atoms with van der Waals surface area (Å²) in [4.78, 5) is 13.4. The minimum atomic E-state index is 0.405. The molecule has 4 aromatic rings. The fourth-order valence-electron chi connectivity index (χ4n) is 2.95. The van der Waals surface area contributed by atoms with Crippen LogP contribution in [0.1, 0.15) is 17.1 Å². The summed E-state index contributed by atoms with van der Waals surface area (Å²) in [7, 11) is 0. The molecule has 0 aliphatic heterocycles. The van der Waals surface area contributed by atoms with Gasteiger partial charge in [-0.1, -0.05) is 53.0 Å². The molecule has 146 valence electrons. The van der Waals surface area contributed by atoms with E-state index in [0.717, 1.165) is 17.0 Å². The van der Waals surface area contributed by atoms with Crippen LogP contribution in [0.25, 0.3) is 17.1 Å².